The summed E-state index contributed by atoms with van der Waals surface area (Å²) in [5, 5.41) is 4.05. The lowest BCUT2D eigenvalue weighted by Crippen LogP contribution is -2.12. The first-order chi connectivity index (χ1) is 15.4. The molecule has 0 radical (unpaired) electrons. The maximum atomic E-state index is 11.3. The van der Waals surface area contributed by atoms with Gasteiger partial charge in [0.2, 0.25) is 5.95 Å². The summed E-state index contributed by atoms with van der Waals surface area (Å²) >= 11 is 12.1. The average molecular weight is 467 g/mol. The third-order valence-electron chi connectivity index (χ3n) is 4.31. The maximum Gasteiger partial charge on any atom is 0.267 e. The van der Waals surface area contributed by atoms with Crippen LogP contribution in [0.15, 0.2) is 66.9 Å². The van der Waals surface area contributed by atoms with Crippen LogP contribution >= 0.6 is 23.2 Å². The summed E-state index contributed by atoms with van der Waals surface area (Å²) in [6.45, 7) is 0. The van der Waals surface area contributed by atoms with Gasteiger partial charge in [0.1, 0.15) is 23.0 Å². The molecule has 2 aromatic carbocycles. The summed E-state index contributed by atoms with van der Waals surface area (Å²) in [4.78, 5) is 23.6. The Labute approximate surface area is 193 Å². The second-order valence-corrected chi connectivity index (χ2v) is 7.43. The molecular weight excluding hydrogens is 451 g/mol. The van der Waals surface area contributed by atoms with Crippen LogP contribution in [0, 0.1) is 0 Å². The van der Waals surface area contributed by atoms with E-state index >= 15 is 0 Å². The van der Waals surface area contributed by atoms with Gasteiger partial charge < -0.3 is 21.5 Å². The van der Waals surface area contributed by atoms with Crippen LogP contribution in [-0.2, 0) is 0 Å². The van der Waals surface area contributed by atoms with Gasteiger partial charge in [-0.3, -0.25) is 9.78 Å². The van der Waals surface area contributed by atoms with Gasteiger partial charge in [0, 0.05) is 29.6 Å². The first kappa shape index (κ1) is 21.4. The van der Waals surface area contributed by atoms with Crippen molar-refractivity contribution in [3.05, 3.63) is 82.6 Å². The van der Waals surface area contributed by atoms with Crippen molar-refractivity contribution < 1.29 is 9.53 Å². The highest BCUT2D eigenvalue weighted by molar-refractivity contribution is 6.42. The van der Waals surface area contributed by atoms with Crippen molar-refractivity contribution in [3.8, 4) is 22.8 Å². The number of hydrogen-bond acceptors (Lipinski definition) is 7. The van der Waals surface area contributed by atoms with Gasteiger partial charge in [-0.15, -0.1) is 0 Å². The minimum absolute atomic E-state index is 0.110. The fourth-order valence-electron chi connectivity index (χ4n) is 2.83. The molecule has 0 bridgehead atoms. The zero-order valence-corrected chi connectivity index (χ0v) is 17.9. The van der Waals surface area contributed by atoms with E-state index in [-0.39, 0.29) is 11.6 Å². The van der Waals surface area contributed by atoms with E-state index in [1.807, 2.05) is 12.1 Å². The Bertz CT molecular complexity index is 1300. The Hall–Kier alpha value is -3.88. The Morgan fingerprint density at radius 2 is 1.69 bits per heavy atom. The molecule has 0 aliphatic rings. The number of amides is 1. The van der Waals surface area contributed by atoms with Crippen molar-refractivity contribution in [3.63, 3.8) is 0 Å². The molecule has 0 saturated carbocycles. The quantitative estimate of drug-likeness (QED) is 0.361. The molecule has 2 heterocycles. The molecule has 8 nitrogen and oxygen atoms in total. The van der Waals surface area contributed by atoms with Crippen LogP contribution in [0.1, 0.15) is 10.5 Å². The van der Waals surface area contributed by atoms with Crippen LogP contribution < -0.4 is 21.5 Å². The number of aromatic nitrogens is 3. The number of carbonyl (C=O) groups excluding carboxylic acids is 1. The molecule has 0 unspecified atom stereocenters. The number of benzene rings is 2. The molecule has 0 aliphatic carbocycles. The standard InChI is InChI=1S/C22H16Cl2N6O2/c23-16-6-1-12(9-17(16)24)18-11-20(30-22(26)29-18)28-13-2-4-14(5-3-13)32-15-7-8-27-19(10-15)21(25)31/h1-11H,(H2,25,31)(H3,26,28,29,30). The molecule has 0 saturated heterocycles. The highest BCUT2D eigenvalue weighted by atomic mass is 35.5. The first-order valence-electron chi connectivity index (χ1n) is 9.28. The van der Waals surface area contributed by atoms with E-state index in [9.17, 15) is 4.79 Å². The van der Waals surface area contributed by atoms with Gasteiger partial charge in [-0.25, -0.2) is 4.98 Å². The maximum absolute atomic E-state index is 11.3. The van der Waals surface area contributed by atoms with Crippen LogP contribution in [0.2, 0.25) is 10.0 Å². The number of carbonyl (C=O) groups is 1. The molecule has 0 fully saturated rings. The third kappa shape index (κ3) is 5.05. The van der Waals surface area contributed by atoms with E-state index in [0.717, 1.165) is 11.3 Å². The summed E-state index contributed by atoms with van der Waals surface area (Å²) in [6.07, 6.45) is 1.45. The zero-order valence-electron chi connectivity index (χ0n) is 16.4. The lowest BCUT2D eigenvalue weighted by molar-refractivity contribution is 0.0995. The summed E-state index contributed by atoms with van der Waals surface area (Å²) < 4.78 is 5.75. The van der Waals surface area contributed by atoms with Crippen molar-refractivity contribution in [2.24, 2.45) is 5.73 Å². The first-order valence-corrected chi connectivity index (χ1v) is 10.0. The fraction of sp³-hybridized carbons (Fsp3) is 0. The summed E-state index contributed by atoms with van der Waals surface area (Å²) in [5.74, 6) is 1.01. The van der Waals surface area contributed by atoms with E-state index < -0.39 is 5.91 Å². The van der Waals surface area contributed by atoms with Crippen molar-refractivity contribution in [1.82, 2.24) is 15.0 Å². The number of rotatable bonds is 6. The van der Waals surface area contributed by atoms with E-state index in [4.69, 9.17) is 39.4 Å². The van der Waals surface area contributed by atoms with E-state index in [1.165, 1.54) is 12.3 Å². The van der Waals surface area contributed by atoms with Crippen molar-refractivity contribution in [1.29, 1.82) is 0 Å². The molecule has 160 valence electrons. The van der Waals surface area contributed by atoms with Crippen LogP contribution in [0.25, 0.3) is 11.3 Å². The van der Waals surface area contributed by atoms with E-state index in [2.05, 4.69) is 20.3 Å². The predicted molar refractivity (Wildman–Crippen MR) is 124 cm³/mol. The van der Waals surface area contributed by atoms with Gasteiger partial charge in [-0.05, 0) is 42.5 Å². The van der Waals surface area contributed by atoms with Gasteiger partial charge in [0.15, 0.2) is 0 Å². The highest BCUT2D eigenvalue weighted by Gasteiger charge is 2.09. The van der Waals surface area contributed by atoms with Crippen molar-refractivity contribution in [2.45, 2.75) is 0 Å². The number of nitrogens with one attached hydrogen (secondary N) is 1. The minimum Gasteiger partial charge on any atom is -0.457 e. The predicted octanol–water partition coefficient (Wildman–Crippen LogP) is 5.06. The van der Waals surface area contributed by atoms with Crippen LogP contribution in [0.3, 0.4) is 0 Å². The van der Waals surface area contributed by atoms with Gasteiger partial charge in [-0.2, -0.15) is 4.98 Å². The van der Waals surface area contributed by atoms with Crippen LogP contribution in [0.5, 0.6) is 11.5 Å². The number of primary amides is 1. The number of nitrogens with two attached hydrogens (primary N) is 2. The topological polar surface area (TPSA) is 129 Å². The van der Waals surface area contributed by atoms with Gasteiger partial charge in [0.05, 0.1) is 15.7 Å². The molecule has 0 atom stereocenters. The van der Waals surface area contributed by atoms with E-state index in [0.29, 0.717) is 33.1 Å². The summed E-state index contributed by atoms with van der Waals surface area (Å²) in [7, 11) is 0. The second kappa shape index (κ2) is 9.09. The smallest absolute Gasteiger partial charge is 0.267 e. The third-order valence-corrected chi connectivity index (χ3v) is 5.04. The molecule has 4 aromatic rings. The number of nitrogen functional groups attached to an aromatic ring is 1. The molecule has 5 N–H and O–H groups in total. The van der Waals surface area contributed by atoms with Gasteiger partial charge in [0.25, 0.3) is 5.91 Å². The Morgan fingerprint density at radius 1 is 0.906 bits per heavy atom. The molecule has 10 heteroatoms. The number of pyridine rings is 1. The Morgan fingerprint density at radius 3 is 2.41 bits per heavy atom. The average Bonchev–Trinajstić information content (AvgIpc) is 2.77. The molecular formula is C22H16Cl2N6O2. The largest absolute Gasteiger partial charge is 0.457 e. The monoisotopic (exact) mass is 466 g/mol. The summed E-state index contributed by atoms with van der Waals surface area (Å²) in [6, 6.07) is 17.2. The SMILES string of the molecule is NC(=O)c1cc(Oc2ccc(Nc3cc(-c4ccc(Cl)c(Cl)c4)nc(N)n3)cc2)ccn1. The fourth-order valence-corrected chi connectivity index (χ4v) is 3.13. The molecule has 32 heavy (non-hydrogen) atoms. The number of halogens is 2. The minimum atomic E-state index is -0.626. The van der Waals surface area contributed by atoms with E-state index in [1.54, 1.807) is 42.5 Å². The molecule has 0 spiro atoms. The van der Waals surface area contributed by atoms with Crippen molar-refractivity contribution in [2.75, 3.05) is 11.1 Å². The number of ether oxygens (including phenoxy) is 1. The Balaban J connectivity index is 1.51. The van der Waals surface area contributed by atoms with Crippen LogP contribution in [-0.4, -0.2) is 20.9 Å². The van der Waals surface area contributed by atoms with Crippen molar-refractivity contribution >= 4 is 46.6 Å². The number of hydrogen-bond donors (Lipinski definition) is 3. The molecule has 1 amide bonds. The normalized spacial score (nSPS) is 10.6. The lowest BCUT2D eigenvalue weighted by Gasteiger charge is -2.10. The van der Waals surface area contributed by atoms with Gasteiger partial charge in [-0.1, -0.05) is 29.3 Å². The Kier molecular flexibility index (Phi) is 6.07. The molecule has 2 aromatic heterocycles. The number of anilines is 3. The lowest BCUT2D eigenvalue weighted by atomic mass is 10.1. The highest BCUT2D eigenvalue weighted by Crippen LogP contribution is 2.30. The van der Waals surface area contributed by atoms with Gasteiger partial charge >= 0.3 is 0 Å². The molecule has 0 aliphatic heterocycles. The summed E-state index contributed by atoms with van der Waals surface area (Å²) in [5.41, 5.74) is 13.4. The molecule has 4 rings (SSSR count). The zero-order chi connectivity index (χ0) is 22.7. The second-order valence-electron chi connectivity index (χ2n) is 6.62. The number of nitrogens with zero attached hydrogens (tertiary/aromatic N) is 3. The van der Waals surface area contributed by atoms with Crippen LogP contribution in [0.4, 0.5) is 17.5 Å².